The van der Waals surface area contributed by atoms with Crippen LogP contribution in [0, 0.1) is 0 Å². The number of guanidine groups is 1. The van der Waals surface area contributed by atoms with Crippen LogP contribution in [0.1, 0.15) is 49.0 Å². The number of nitrogens with zero attached hydrogens (tertiary/aromatic N) is 1. The van der Waals surface area contributed by atoms with Crippen molar-refractivity contribution in [1.82, 2.24) is 16.0 Å². The number of unbranched alkanes of at least 4 members (excludes halogenated alkanes) is 1. The first-order chi connectivity index (χ1) is 12.2. The number of amides is 1. The Hall–Kier alpha value is -1.35. The van der Waals surface area contributed by atoms with Crippen molar-refractivity contribution in [2.75, 3.05) is 33.4 Å². The number of hydrogen-bond acceptors (Lipinski definition) is 3. The van der Waals surface area contributed by atoms with Crippen LogP contribution in [0.15, 0.2) is 29.3 Å². The highest BCUT2D eigenvalue weighted by Crippen LogP contribution is 2.05. The van der Waals surface area contributed by atoms with Gasteiger partial charge in [0.1, 0.15) is 0 Å². The van der Waals surface area contributed by atoms with Gasteiger partial charge in [0.05, 0.1) is 0 Å². The molecular weight excluding hydrogens is 443 g/mol. The van der Waals surface area contributed by atoms with Crippen LogP contribution in [0.3, 0.4) is 0 Å². The molecule has 0 aliphatic carbocycles. The number of rotatable bonds is 11. The van der Waals surface area contributed by atoms with Gasteiger partial charge in [-0.1, -0.05) is 25.5 Å². The number of nitrogens with one attached hydrogen (secondary N) is 3. The Labute approximate surface area is 174 Å². The molecule has 0 aliphatic heterocycles. The normalized spacial score (nSPS) is 10.8. The Bertz CT molecular complexity index is 538. The van der Waals surface area contributed by atoms with Gasteiger partial charge < -0.3 is 20.7 Å². The summed E-state index contributed by atoms with van der Waals surface area (Å²) >= 11 is 0. The molecule has 0 saturated carbocycles. The maximum Gasteiger partial charge on any atom is 0.251 e. The lowest BCUT2D eigenvalue weighted by Gasteiger charge is -2.12. The first kappa shape index (κ1) is 24.7. The van der Waals surface area contributed by atoms with Gasteiger partial charge in [-0.25, -0.2) is 0 Å². The van der Waals surface area contributed by atoms with Gasteiger partial charge in [-0.05, 0) is 37.5 Å². The molecule has 1 aromatic carbocycles. The Morgan fingerprint density at radius 2 is 1.88 bits per heavy atom. The number of aliphatic imine (C=N–C) groups is 1. The topological polar surface area (TPSA) is 74.8 Å². The summed E-state index contributed by atoms with van der Waals surface area (Å²) in [6.07, 6.45) is 3.22. The molecule has 1 aromatic rings. The highest BCUT2D eigenvalue weighted by molar-refractivity contribution is 14.0. The summed E-state index contributed by atoms with van der Waals surface area (Å²) in [6.45, 7) is 7.72. The van der Waals surface area contributed by atoms with Gasteiger partial charge in [0.25, 0.3) is 5.91 Å². The maximum atomic E-state index is 11.9. The van der Waals surface area contributed by atoms with E-state index in [1.807, 2.05) is 31.2 Å². The van der Waals surface area contributed by atoms with Crippen LogP contribution in [-0.4, -0.2) is 45.2 Å². The number of carbonyl (C=O) groups excluding carboxylic acids is 1. The number of carbonyl (C=O) groups is 1. The monoisotopic (exact) mass is 476 g/mol. The van der Waals surface area contributed by atoms with Crippen molar-refractivity contribution in [1.29, 1.82) is 0 Å². The predicted molar refractivity (Wildman–Crippen MR) is 118 cm³/mol. The van der Waals surface area contributed by atoms with E-state index in [0.29, 0.717) is 18.7 Å². The lowest BCUT2D eigenvalue weighted by atomic mass is 10.1. The summed E-state index contributed by atoms with van der Waals surface area (Å²) in [4.78, 5) is 16.1. The second kappa shape index (κ2) is 15.9. The highest BCUT2D eigenvalue weighted by atomic mass is 127. The van der Waals surface area contributed by atoms with Crippen LogP contribution >= 0.6 is 24.0 Å². The van der Waals surface area contributed by atoms with Crippen LogP contribution < -0.4 is 16.0 Å². The minimum atomic E-state index is -0.0464. The van der Waals surface area contributed by atoms with E-state index in [2.05, 4.69) is 27.9 Å². The molecule has 0 fully saturated rings. The van der Waals surface area contributed by atoms with Crippen LogP contribution in [0.5, 0.6) is 0 Å². The molecule has 0 spiro atoms. The smallest absolute Gasteiger partial charge is 0.251 e. The molecule has 0 heterocycles. The Morgan fingerprint density at radius 1 is 1.12 bits per heavy atom. The first-order valence-corrected chi connectivity index (χ1v) is 9.10. The fourth-order valence-corrected chi connectivity index (χ4v) is 2.22. The summed E-state index contributed by atoms with van der Waals surface area (Å²) in [7, 11) is 1.75. The summed E-state index contributed by atoms with van der Waals surface area (Å²) in [6, 6.07) is 7.60. The standard InChI is InChI=1S/C19H32N4O2.HI/c1-4-6-12-25-13-8-11-22-19(20-3)23-15-16-9-7-10-17(14-16)18(24)21-5-2;/h7,9-10,14H,4-6,8,11-13,15H2,1-3H3,(H,21,24)(H2,20,22,23);1H. The fourth-order valence-electron chi connectivity index (χ4n) is 2.22. The summed E-state index contributed by atoms with van der Waals surface area (Å²) < 4.78 is 5.54. The van der Waals surface area contributed by atoms with E-state index in [1.165, 1.54) is 0 Å². The predicted octanol–water partition coefficient (Wildman–Crippen LogP) is 2.93. The highest BCUT2D eigenvalue weighted by Gasteiger charge is 2.05. The third-order valence-electron chi connectivity index (χ3n) is 3.61. The van der Waals surface area contributed by atoms with E-state index >= 15 is 0 Å². The van der Waals surface area contributed by atoms with Gasteiger partial charge in [-0.3, -0.25) is 9.79 Å². The SMILES string of the molecule is CCCCOCCCNC(=NC)NCc1cccc(C(=O)NCC)c1.I. The Balaban J connectivity index is 0.00000625. The molecule has 0 aliphatic rings. The molecule has 148 valence electrons. The molecule has 7 heteroatoms. The Kier molecular flexibility index (Phi) is 15.0. The van der Waals surface area contributed by atoms with E-state index in [4.69, 9.17) is 4.74 Å². The lowest BCUT2D eigenvalue weighted by Crippen LogP contribution is -2.37. The number of ether oxygens (including phenoxy) is 1. The summed E-state index contributed by atoms with van der Waals surface area (Å²) in [5.74, 6) is 0.701. The van der Waals surface area contributed by atoms with Crippen LogP contribution in [0.4, 0.5) is 0 Å². The van der Waals surface area contributed by atoms with E-state index in [9.17, 15) is 4.79 Å². The molecule has 1 rings (SSSR count). The molecule has 1 amide bonds. The molecule has 26 heavy (non-hydrogen) atoms. The van der Waals surface area contributed by atoms with Crippen molar-refractivity contribution in [3.05, 3.63) is 35.4 Å². The zero-order valence-corrected chi connectivity index (χ0v) is 18.5. The Morgan fingerprint density at radius 3 is 2.58 bits per heavy atom. The maximum absolute atomic E-state index is 11.9. The summed E-state index contributed by atoms with van der Waals surface area (Å²) in [5.41, 5.74) is 1.71. The molecule has 6 nitrogen and oxygen atoms in total. The second-order valence-corrected chi connectivity index (χ2v) is 5.73. The quantitative estimate of drug-likeness (QED) is 0.199. The van der Waals surface area contributed by atoms with Crippen molar-refractivity contribution in [2.24, 2.45) is 4.99 Å². The zero-order chi connectivity index (χ0) is 18.3. The van der Waals surface area contributed by atoms with Crippen molar-refractivity contribution < 1.29 is 9.53 Å². The second-order valence-electron chi connectivity index (χ2n) is 5.73. The molecule has 0 saturated heterocycles. The summed E-state index contributed by atoms with van der Waals surface area (Å²) in [5, 5.41) is 9.34. The zero-order valence-electron chi connectivity index (χ0n) is 16.1. The molecule has 3 N–H and O–H groups in total. The lowest BCUT2D eigenvalue weighted by molar-refractivity contribution is 0.0955. The van der Waals surface area contributed by atoms with E-state index in [1.54, 1.807) is 7.05 Å². The third kappa shape index (κ3) is 10.6. The van der Waals surface area contributed by atoms with Crippen molar-refractivity contribution in [2.45, 2.75) is 39.7 Å². The average Bonchev–Trinajstić information content (AvgIpc) is 2.64. The van der Waals surface area contributed by atoms with Gasteiger partial charge in [-0.15, -0.1) is 24.0 Å². The minimum Gasteiger partial charge on any atom is -0.381 e. The number of benzene rings is 1. The van der Waals surface area contributed by atoms with E-state index in [-0.39, 0.29) is 29.9 Å². The van der Waals surface area contributed by atoms with Gasteiger partial charge in [0.15, 0.2) is 5.96 Å². The van der Waals surface area contributed by atoms with Gasteiger partial charge in [0.2, 0.25) is 0 Å². The van der Waals surface area contributed by atoms with E-state index < -0.39 is 0 Å². The van der Waals surface area contributed by atoms with Crippen LogP contribution in [-0.2, 0) is 11.3 Å². The molecule has 0 atom stereocenters. The van der Waals surface area contributed by atoms with Crippen molar-refractivity contribution >= 4 is 35.8 Å². The molecule has 0 radical (unpaired) electrons. The number of hydrogen-bond donors (Lipinski definition) is 3. The molecular formula is C19H33IN4O2. The minimum absolute atomic E-state index is 0. The van der Waals surface area contributed by atoms with Crippen molar-refractivity contribution in [3.63, 3.8) is 0 Å². The molecule has 0 aromatic heterocycles. The van der Waals surface area contributed by atoms with Gasteiger partial charge in [0, 0.05) is 45.5 Å². The first-order valence-electron chi connectivity index (χ1n) is 9.10. The number of halogens is 1. The van der Waals surface area contributed by atoms with E-state index in [0.717, 1.165) is 50.5 Å². The molecule has 0 bridgehead atoms. The average molecular weight is 476 g/mol. The molecule has 0 unspecified atom stereocenters. The third-order valence-corrected chi connectivity index (χ3v) is 3.61. The van der Waals surface area contributed by atoms with Gasteiger partial charge >= 0.3 is 0 Å². The van der Waals surface area contributed by atoms with Crippen molar-refractivity contribution in [3.8, 4) is 0 Å². The van der Waals surface area contributed by atoms with Crippen LogP contribution in [0.25, 0.3) is 0 Å². The largest absolute Gasteiger partial charge is 0.381 e. The fraction of sp³-hybridized carbons (Fsp3) is 0.579. The van der Waals surface area contributed by atoms with Crippen LogP contribution in [0.2, 0.25) is 0 Å². The van der Waals surface area contributed by atoms with Gasteiger partial charge in [-0.2, -0.15) is 0 Å².